The molecule has 28 heavy (non-hydrogen) atoms. The van der Waals surface area contributed by atoms with E-state index < -0.39 is 11.7 Å². The molecule has 1 aromatic carbocycles. The number of pyridine rings is 1. The Bertz CT molecular complexity index is 849. The van der Waals surface area contributed by atoms with E-state index in [0.29, 0.717) is 29.4 Å². The molecule has 4 rings (SSSR count). The number of fused-ring (bicyclic) bond motifs is 1. The predicted molar refractivity (Wildman–Crippen MR) is 106 cm³/mol. The predicted octanol–water partition coefficient (Wildman–Crippen LogP) is 3.49. The maximum absolute atomic E-state index is 12.3. The van der Waals surface area contributed by atoms with Gasteiger partial charge < -0.3 is 20.1 Å². The van der Waals surface area contributed by atoms with Crippen molar-refractivity contribution in [3.05, 3.63) is 58.7 Å². The van der Waals surface area contributed by atoms with Crippen molar-refractivity contribution < 1.29 is 14.3 Å². The summed E-state index contributed by atoms with van der Waals surface area (Å²) in [5, 5.41) is 6.43. The number of nitrogens with one attached hydrogen (secondary N) is 2. The third kappa shape index (κ3) is 4.23. The summed E-state index contributed by atoms with van der Waals surface area (Å²) in [6.07, 6.45) is -0.301. The zero-order chi connectivity index (χ0) is 19.7. The van der Waals surface area contributed by atoms with Gasteiger partial charge in [0.25, 0.3) is 0 Å². The number of halogens is 1. The molecule has 1 amide bonds. The Morgan fingerprint density at radius 2 is 1.96 bits per heavy atom. The molecule has 6 nitrogen and oxygen atoms in total. The third-order valence-corrected chi connectivity index (χ3v) is 5.56. The van der Waals surface area contributed by atoms with Crippen molar-refractivity contribution in [2.45, 2.75) is 32.1 Å². The Kier molecular flexibility index (Phi) is 5.17. The molecular formula is C21H24ClN3O3. The summed E-state index contributed by atoms with van der Waals surface area (Å²) in [5.74, 6) is 1.58. The quantitative estimate of drug-likeness (QED) is 0.725. The van der Waals surface area contributed by atoms with Gasteiger partial charge in [-0.1, -0.05) is 41.9 Å². The maximum Gasteiger partial charge on any atom is 0.408 e. The zero-order valence-electron chi connectivity index (χ0n) is 15.9. The number of amides is 1. The fourth-order valence-corrected chi connectivity index (χ4v) is 3.85. The normalized spacial score (nSPS) is 23.0. The summed E-state index contributed by atoms with van der Waals surface area (Å²) in [6, 6.07) is 13.2. The van der Waals surface area contributed by atoms with Crippen LogP contribution in [0.15, 0.2) is 42.5 Å². The molecule has 1 aliphatic heterocycles. The molecule has 2 unspecified atom stereocenters. The van der Waals surface area contributed by atoms with Gasteiger partial charge in [-0.25, -0.2) is 9.78 Å². The van der Waals surface area contributed by atoms with Crippen molar-refractivity contribution in [2.75, 3.05) is 13.1 Å². The van der Waals surface area contributed by atoms with Crippen LogP contribution in [0.2, 0.25) is 5.15 Å². The van der Waals surface area contributed by atoms with E-state index in [1.54, 1.807) is 12.1 Å². The van der Waals surface area contributed by atoms with Crippen LogP contribution in [0.5, 0.6) is 5.88 Å². The molecule has 148 valence electrons. The van der Waals surface area contributed by atoms with E-state index in [1.807, 2.05) is 44.2 Å². The number of rotatable bonds is 6. The smallest absolute Gasteiger partial charge is 0.408 e. The van der Waals surface area contributed by atoms with E-state index in [9.17, 15) is 4.79 Å². The number of carbonyl (C=O) groups is 1. The molecule has 7 heteroatoms. The zero-order valence-corrected chi connectivity index (χ0v) is 16.7. The summed E-state index contributed by atoms with van der Waals surface area (Å²) < 4.78 is 11.7. The number of hydrogen-bond donors (Lipinski definition) is 2. The lowest BCUT2D eigenvalue weighted by molar-refractivity contribution is 0.0357. The van der Waals surface area contributed by atoms with E-state index in [0.717, 1.165) is 24.2 Å². The van der Waals surface area contributed by atoms with E-state index >= 15 is 0 Å². The van der Waals surface area contributed by atoms with Gasteiger partial charge in [-0.3, -0.25) is 0 Å². The number of piperidine rings is 1. The molecule has 1 aromatic heterocycles. The Morgan fingerprint density at radius 3 is 2.68 bits per heavy atom. The second-order valence-electron chi connectivity index (χ2n) is 7.82. The summed E-state index contributed by atoms with van der Waals surface area (Å²) in [4.78, 5) is 16.6. The number of carbonyl (C=O) groups excluding carboxylic acids is 1. The van der Waals surface area contributed by atoms with Gasteiger partial charge in [-0.05, 0) is 25.5 Å². The van der Waals surface area contributed by atoms with Crippen molar-refractivity contribution in [3.63, 3.8) is 0 Å². The first kappa shape index (κ1) is 19.0. The van der Waals surface area contributed by atoms with Gasteiger partial charge >= 0.3 is 6.09 Å². The highest BCUT2D eigenvalue weighted by Gasteiger charge is 2.55. The molecule has 1 saturated carbocycles. The van der Waals surface area contributed by atoms with Crippen LogP contribution in [0, 0.1) is 11.8 Å². The van der Waals surface area contributed by atoms with Gasteiger partial charge in [0.2, 0.25) is 5.88 Å². The van der Waals surface area contributed by atoms with Crippen LogP contribution in [0.4, 0.5) is 4.79 Å². The van der Waals surface area contributed by atoms with Gasteiger partial charge in [0.05, 0.1) is 0 Å². The van der Waals surface area contributed by atoms with Crippen LogP contribution < -0.4 is 15.4 Å². The molecule has 0 spiro atoms. The first-order valence-corrected chi connectivity index (χ1v) is 9.86. The third-order valence-electron chi connectivity index (χ3n) is 5.36. The standard InChI is InChI=1S/C21H24ClN3O3/c1-21(2,28-20(26)24-10-13-6-4-3-5-7-13)14-8-17(22)25-18(9-14)27-19-15-11-23-12-16(15)19/h3-9,15-16,19,23H,10-12H2,1-2H3,(H,24,26). The largest absolute Gasteiger partial charge is 0.474 e. The van der Waals surface area contributed by atoms with Crippen LogP contribution in [0.1, 0.15) is 25.0 Å². The Balaban J connectivity index is 1.39. The number of aromatic nitrogens is 1. The topological polar surface area (TPSA) is 72.5 Å². The van der Waals surface area contributed by atoms with Crippen LogP contribution >= 0.6 is 11.6 Å². The molecule has 2 atom stereocenters. The van der Waals surface area contributed by atoms with E-state index in [4.69, 9.17) is 21.1 Å². The molecule has 0 bridgehead atoms. The molecule has 2 N–H and O–H groups in total. The number of benzene rings is 1. The molecular weight excluding hydrogens is 378 g/mol. The summed E-state index contributed by atoms with van der Waals surface area (Å²) in [7, 11) is 0. The van der Waals surface area contributed by atoms with Crippen LogP contribution in [0.25, 0.3) is 0 Å². The Morgan fingerprint density at radius 1 is 1.25 bits per heavy atom. The highest BCUT2D eigenvalue weighted by molar-refractivity contribution is 6.29. The van der Waals surface area contributed by atoms with Gasteiger partial charge in [0.1, 0.15) is 16.9 Å². The van der Waals surface area contributed by atoms with Gasteiger partial charge in [0.15, 0.2) is 0 Å². The SMILES string of the molecule is CC(C)(OC(=O)NCc1ccccc1)c1cc(Cl)nc(OC2C3CNCC32)c1. The summed E-state index contributed by atoms with van der Waals surface area (Å²) in [5.41, 5.74) is 0.859. The lowest BCUT2D eigenvalue weighted by Gasteiger charge is -2.26. The fraction of sp³-hybridized carbons (Fsp3) is 0.429. The molecule has 1 aliphatic carbocycles. The second-order valence-corrected chi connectivity index (χ2v) is 8.21. The molecule has 2 aliphatic rings. The first-order chi connectivity index (χ1) is 13.4. The average molecular weight is 402 g/mol. The van der Waals surface area contributed by atoms with Crippen LogP contribution in [-0.2, 0) is 16.9 Å². The highest BCUT2D eigenvalue weighted by atomic mass is 35.5. The van der Waals surface area contributed by atoms with Gasteiger partial charge in [-0.15, -0.1) is 0 Å². The minimum atomic E-state index is -0.883. The molecule has 2 heterocycles. The van der Waals surface area contributed by atoms with E-state index in [-0.39, 0.29) is 6.10 Å². The van der Waals surface area contributed by atoms with Crippen LogP contribution in [-0.4, -0.2) is 30.3 Å². The molecule has 1 saturated heterocycles. The number of ether oxygens (including phenoxy) is 2. The monoisotopic (exact) mass is 401 g/mol. The second kappa shape index (κ2) is 7.60. The number of hydrogen-bond acceptors (Lipinski definition) is 5. The van der Waals surface area contributed by atoms with E-state index in [2.05, 4.69) is 15.6 Å². The fourth-order valence-electron chi connectivity index (χ4n) is 3.65. The van der Waals surface area contributed by atoms with Gasteiger partial charge in [-0.2, -0.15) is 0 Å². The minimum absolute atomic E-state index is 0.193. The lowest BCUT2D eigenvalue weighted by atomic mass is 9.99. The van der Waals surface area contributed by atoms with Gasteiger partial charge in [0, 0.05) is 43.1 Å². The Hall–Kier alpha value is -2.31. The molecule has 0 radical (unpaired) electrons. The summed E-state index contributed by atoms with van der Waals surface area (Å²) in [6.45, 7) is 6.01. The molecule has 2 aromatic rings. The highest BCUT2D eigenvalue weighted by Crippen LogP contribution is 2.44. The van der Waals surface area contributed by atoms with Crippen molar-refractivity contribution >= 4 is 17.7 Å². The minimum Gasteiger partial charge on any atom is -0.474 e. The number of alkyl carbamates (subject to hydrolysis) is 1. The van der Waals surface area contributed by atoms with Crippen molar-refractivity contribution in [3.8, 4) is 5.88 Å². The summed E-state index contributed by atoms with van der Waals surface area (Å²) >= 11 is 6.20. The van der Waals surface area contributed by atoms with Crippen molar-refractivity contribution in [1.82, 2.24) is 15.6 Å². The average Bonchev–Trinajstić information content (AvgIpc) is 3.08. The lowest BCUT2D eigenvalue weighted by Crippen LogP contribution is -2.33. The first-order valence-electron chi connectivity index (χ1n) is 9.48. The van der Waals surface area contributed by atoms with Crippen molar-refractivity contribution in [1.29, 1.82) is 0 Å². The Labute approximate surface area is 169 Å². The molecule has 2 fully saturated rings. The number of nitrogens with zero attached hydrogens (tertiary/aromatic N) is 1. The van der Waals surface area contributed by atoms with Crippen LogP contribution in [0.3, 0.4) is 0 Å². The maximum atomic E-state index is 12.3. The van der Waals surface area contributed by atoms with Crippen molar-refractivity contribution in [2.24, 2.45) is 11.8 Å². The van der Waals surface area contributed by atoms with E-state index in [1.165, 1.54) is 0 Å².